The van der Waals surface area contributed by atoms with Gasteiger partial charge in [0.2, 0.25) is 0 Å². The van der Waals surface area contributed by atoms with Crippen molar-refractivity contribution in [1.29, 1.82) is 0 Å². The van der Waals surface area contributed by atoms with Crippen molar-refractivity contribution in [3.63, 3.8) is 0 Å². The molecule has 2 heterocycles. The van der Waals surface area contributed by atoms with E-state index in [1.807, 2.05) is 18.2 Å². The topological polar surface area (TPSA) is 40.7 Å². The molecule has 1 saturated heterocycles. The average molecular weight is 476 g/mol. The van der Waals surface area contributed by atoms with Gasteiger partial charge in [-0.25, -0.2) is 0 Å². The molecule has 1 atom stereocenters. The number of nitrogens with zero attached hydrogens (tertiary/aromatic N) is 2. The molecule has 0 spiro atoms. The second-order valence-corrected chi connectivity index (χ2v) is 9.18. The van der Waals surface area contributed by atoms with E-state index in [0.717, 1.165) is 54.8 Å². The molecule has 0 radical (unpaired) electrons. The highest BCUT2D eigenvalue weighted by molar-refractivity contribution is 6.30. The van der Waals surface area contributed by atoms with Gasteiger partial charge < -0.3 is 14.5 Å². The van der Waals surface area contributed by atoms with Crippen LogP contribution in [0.4, 0.5) is 0 Å². The molecule has 1 aliphatic rings. The fourth-order valence-corrected chi connectivity index (χ4v) is 5.08. The molecule has 5 rings (SSSR count). The van der Waals surface area contributed by atoms with Gasteiger partial charge in [-0.2, -0.15) is 0 Å². The average Bonchev–Trinajstić information content (AvgIpc) is 3.27. The molecule has 0 aliphatic carbocycles. The minimum Gasteiger partial charge on any atom is -0.493 e. The number of aromatic nitrogens is 1. The van der Waals surface area contributed by atoms with Gasteiger partial charge in [0.15, 0.2) is 11.5 Å². The van der Waals surface area contributed by atoms with Crippen LogP contribution in [0.2, 0.25) is 5.02 Å². The van der Waals surface area contributed by atoms with Gasteiger partial charge in [0, 0.05) is 60.9 Å². The van der Waals surface area contributed by atoms with Gasteiger partial charge in [0.1, 0.15) is 0 Å². The Morgan fingerprint density at radius 2 is 1.50 bits per heavy atom. The van der Waals surface area contributed by atoms with Gasteiger partial charge in [0.05, 0.1) is 20.3 Å². The lowest BCUT2D eigenvalue weighted by Gasteiger charge is -2.39. The van der Waals surface area contributed by atoms with Crippen LogP contribution in [0.3, 0.4) is 0 Å². The van der Waals surface area contributed by atoms with Gasteiger partial charge >= 0.3 is 0 Å². The molecule has 1 N–H and O–H groups in total. The maximum Gasteiger partial charge on any atom is 0.162 e. The first kappa shape index (κ1) is 22.8. The van der Waals surface area contributed by atoms with Crippen LogP contribution in [0, 0.1) is 0 Å². The maximum absolute atomic E-state index is 6.17. The smallest absolute Gasteiger partial charge is 0.162 e. The lowest BCUT2D eigenvalue weighted by molar-refractivity contribution is 0.105. The third kappa shape index (κ3) is 4.64. The Labute approximate surface area is 205 Å². The number of H-pyrrole nitrogens is 1. The number of hydrogen-bond donors (Lipinski definition) is 1. The Balaban J connectivity index is 1.32. The van der Waals surface area contributed by atoms with Crippen molar-refractivity contribution < 1.29 is 9.47 Å². The number of methoxy groups -OCH3 is 2. The van der Waals surface area contributed by atoms with E-state index in [9.17, 15) is 0 Å². The summed E-state index contributed by atoms with van der Waals surface area (Å²) in [7, 11) is 3.35. The molecular weight excluding hydrogens is 446 g/mol. The van der Waals surface area contributed by atoms with E-state index in [1.165, 1.54) is 22.1 Å². The number of halogens is 1. The summed E-state index contributed by atoms with van der Waals surface area (Å²) < 4.78 is 11.0. The van der Waals surface area contributed by atoms with Crippen LogP contribution in [0.1, 0.15) is 22.7 Å². The van der Waals surface area contributed by atoms with Crippen molar-refractivity contribution in [2.75, 3.05) is 40.4 Å². The summed E-state index contributed by atoms with van der Waals surface area (Å²) in [5, 5.41) is 1.96. The normalized spacial score (nSPS) is 16.0. The molecular formula is C28H30ClN3O2. The van der Waals surface area contributed by atoms with Crippen molar-refractivity contribution in [3.05, 3.63) is 94.6 Å². The minimum absolute atomic E-state index is 0.227. The summed E-state index contributed by atoms with van der Waals surface area (Å²) in [6.07, 6.45) is 2.11. The number of benzene rings is 3. The third-order valence-corrected chi connectivity index (χ3v) is 6.99. The molecule has 4 aromatic rings. The second-order valence-electron chi connectivity index (χ2n) is 8.74. The molecule has 0 saturated carbocycles. The Bertz CT molecular complexity index is 1230. The molecule has 34 heavy (non-hydrogen) atoms. The SMILES string of the molecule is COc1cc2[nH]cc(CN3CCN(C(c4ccccc4)c4ccc(Cl)cc4)CC3)c2cc1OC. The van der Waals surface area contributed by atoms with Crippen molar-refractivity contribution in [2.45, 2.75) is 12.6 Å². The van der Waals surface area contributed by atoms with E-state index in [-0.39, 0.29) is 6.04 Å². The van der Waals surface area contributed by atoms with Gasteiger partial charge in [-0.1, -0.05) is 54.1 Å². The van der Waals surface area contributed by atoms with Crippen LogP contribution in [-0.2, 0) is 6.54 Å². The number of nitrogens with one attached hydrogen (secondary N) is 1. The Morgan fingerprint density at radius 3 is 2.18 bits per heavy atom. The molecule has 0 amide bonds. The van der Waals surface area contributed by atoms with Gasteiger partial charge in [-0.15, -0.1) is 0 Å². The highest BCUT2D eigenvalue weighted by Crippen LogP contribution is 2.34. The first-order chi connectivity index (χ1) is 16.7. The largest absolute Gasteiger partial charge is 0.493 e. The van der Waals surface area contributed by atoms with E-state index < -0.39 is 0 Å². The summed E-state index contributed by atoms with van der Waals surface area (Å²) in [6, 6.07) is 23.3. The lowest BCUT2D eigenvalue weighted by atomic mass is 9.96. The maximum atomic E-state index is 6.17. The zero-order chi connectivity index (χ0) is 23.5. The van der Waals surface area contributed by atoms with Gasteiger partial charge in [-0.05, 0) is 34.9 Å². The minimum atomic E-state index is 0.227. The van der Waals surface area contributed by atoms with E-state index in [1.54, 1.807) is 14.2 Å². The number of piperazine rings is 1. The van der Waals surface area contributed by atoms with E-state index in [4.69, 9.17) is 21.1 Å². The van der Waals surface area contributed by atoms with Crippen LogP contribution >= 0.6 is 11.6 Å². The molecule has 1 aromatic heterocycles. The molecule has 0 bridgehead atoms. The molecule has 1 fully saturated rings. The standard InChI is InChI=1S/C28H30ClN3O2/c1-33-26-16-24-22(18-30-25(24)17-27(26)34-2)19-31-12-14-32(15-13-31)28(20-6-4-3-5-7-20)21-8-10-23(29)11-9-21/h3-11,16-18,28,30H,12-15,19H2,1-2H3. The van der Waals surface area contributed by atoms with Crippen LogP contribution < -0.4 is 9.47 Å². The van der Waals surface area contributed by atoms with Crippen LogP contribution in [0.25, 0.3) is 10.9 Å². The zero-order valence-corrected chi connectivity index (χ0v) is 20.4. The predicted molar refractivity (Wildman–Crippen MR) is 138 cm³/mol. The van der Waals surface area contributed by atoms with Gasteiger partial charge in [0.25, 0.3) is 0 Å². The molecule has 176 valence electrons. The molecule has 5 nitrogen and oxygen atoms in total. The van der Waals surface area contributed by atoms with E-state index in [0.29, 0.717) is 0 Å². The third-order valence-electron chi connectivity index (χ3n) is 6.74. The number of fused-ring (bicyclic) bond motifs is 1. The number of hydrogen-bond acceptors (Lipinski definition) is 4. The lowest BCUT2D eigenvalue weighted by Crippen LogP contribution is -2.47. The Kier molecular flexibility index (Phi) is 6.77. The van der Waals surface area contributed by atoms with E-state index in [2.05, 4.69) is 69.5 Å². The summed E-state index contributed by atoms with van der Waals surface area (Å²) in [4.78, 5) is 8.50. The van der Waals surface area contributed by atoms with Crippen LogP contribution in [-0.4, -0.2) is 55.2 Å². The molecule has 6 heteroatoms. The number of ether oxygens (including phenoxy) is 2. The summed E-state index contributed by atoms with van der Waals surface area (Å²) >= 11 is 6.17. The van der Waals surface area contributed by atoms with Gasteiger partial charge in [-0.3, -0.25) is 9.80 Å². The molecule has 3 aromatic carbocycles. The summed E-state index contributed by atoms with van der Waals surface area (Å²) in [6.45, 7) is 4.93. The quantitative estimate of drug-likeness (QED) is 0.369. The second kappa shape index (κ2) is 10.1. The fourth-order valence-electron chi connectivity index (χ4n) is 4.95. The first-order valence-electron chi connectivity index (χ1n) is 11.6. The summed E-state index contributed by atoms with van der Waals surface area (Å²) in [5.41, 5.74) is 4.94. The molecule has 1 unspecified atom stereocenters. The predicted octanol–water partition coefficient (Wildman–Crippen LogP) is 5.75. The zero-order valence-electron chi connectivity index (χ0n) is 19.6. The van der Waals surface area contributed by atoms with Crippen molar-refractivity contribution in [1.82, 2.24) is 14.8 Å². The van der Waals surface area contributed by atoms with Crippen LogP contribution in [0.15, 0.2) is 72.9 Å². The number of rotatable bonds is 7. The highest BCUT2D eigenvalue weighted by Gasteiger charge is 2.27. The summed E-state index contributed by atoms with van der Waals surface area (Å²) in [5.74, 6) is 1.50. The first-order valence-corrected chi connectivity index (χ1v) is 12.0. The monoisotopic (exact) mass is 475 g/mol. The van der Waals surface area contributed by atoms with Crippen LogP contribution in [0.5, 0.6) is 11.5 Å². The molecule has 1 aliphatic heterocycles. The van der Waals surface area contributed by atoms with Crippen molar-refractivity contribution >= 4 is 22.5 Å². The van der Waals surface area contributed by atoms with Crippen molar-refractivity contribution in [2.24, 2.45) is 0 Å². The number of aromatic amines is 1. The Hall–Kier alpha value is -2.99. The Morgan fingerprint density at radius 1 is 0.853 bits per heavy atom. The highest BCUT2D eigenvalue weighted by atomic mass is 35.5. The van der Waals surface area contributed by atoms with Crippen molar-refractivity contribution in [3.8, 4) is 11.5 Å². The fraction of sp³-hybridized carbons (Fsp3) is 0.286. The van der Waals surface area contributed by atoms with E-state index >= 15 is 0 Å².